The Balaban J connectivity index is 1.49. The molecule has 2 N–H and O–H groups in total. The zero-order valence-electron chi connectivity index (χ0n) is 20.8. The van der Waals surface area contributed by atoms with Crippen LogP contribution in [0.3, 0.4) is 0 Å². The normalized spacial score (nSPS) is 24.5. The van der Waals surface area contributed by atoms with E-state index in [-0.39, 0.29) is 34.9 Å². The van der Waals surface area contributed by atoms with Crippen LogP contribution in [0, 0.1) is 0 Å². The topological polar surface area (TPSA) is 106 Å². The lowest BCUT2D eigenvalue weighted by Gasteiger charge is -2.41. The first-order valence-electron chi connectivity index (χ1n) is 12.6. The molecule has 2 aromatic rings. The standard InChI is InChI=1S/C24H34F2N8O2/c1-15-13-36-14-16(2)34(15)24-30-22(19-12-28-20(27)11-18(19)21(25)26)29-23(31-24)33-5-3-17(4-6-33)32-7-9-35-10-8-32/h11-12,15-17,21H,3-10,13-14H2,1-2H3,(H2,27,28)/t15-,16+. The van der Waals surface area contributed by atoms with Crippen molar-refractivity contribution in [3.05, 3.63) is 17.8 Å². The van der Waals surface area contributed by atoms with Crippen molar-refractivity contribution in [3.8, 4) is 11.4 Å². The Kier molecular flexibility index (Phi) is 7.44. The van der Waals surface area contributed by atoms with E-state index in [9.17, 15) is 8.78 Å². The predicted molar refractivity (Wildman–Crippen MR) is 132 cm³/mol. The lowest BCUT2D eigenvalue weighted by molar-refractivity contribution is 0.0114. The van der Waals surface area contributed by atoms with E-state index in [2.05, 4.69) is 29.7 Å². The van der Waals surface area contributed by atoms with Gasteiger partial charge in [0.05, 0.1) is 38.5 Å². The number of morpholine rings is 2. The van der Waals surface area contributed by atoms with Crippen molar-refractivity contribution in [3.63, 3.8) is 0 Å². The van der Waals surface area contributed by atoms with Crippen LogP contribution < -0.4 is 15.5 Å². The van der Waals surface area contributed by atoms with Crippen LogP contribution in [0.15, 0.2) is 12.3 Å². The quantitative estimate of drug-likeness (QED) is 0.652. The monoisotopic (exact) mass is 504 g/mol. The fourth-order valence-electron chi connectivity index (χ4n) is 5.36. The average molecular weight is 505 g/mol. The second-order valence-electron chi connectivity index (χ2n) is 9.77. The molecule has 0 bridgehead atoms. The molecular formula is C24H34F2N8O2. The molecular weight excluding hydrogens is 470 g/mol. The molecule has 2 aromatic heterocycles. The minimum atomic E-state index is -2.74. The Morgan fingerprint density at radius 1 is 0.944 bits per heavy atom. The van der Waals surface area contributed by atoms with Gasteiger partial charge in [-0.25, -0.2) is 13.8 Å². The minimum Gasteiger partial charge on any atom is -0.384 e. The molecule has 0 amide bonds. The molecule has 0 radical (unpaired) electrons. The summed E-state index contributed by atoms with van der Waals surface area (Å²) < 4.78 is 39.1. The molecule has 0 aromatic carbocycles. The second-order valence-corrected chi connectivity index (χ2v) is 9.77. The first-order chi connectivity index (χ1) is 17.4. The smallest absolute Gasteiger partial charge is 0.264 e. The average Bonchev–Trinajstić information content (AvgIpc) is 2.89. The van der Waals surface area contributed by atoms with Crippen LogP contribution in [-0.2, 0) is 9.47 Å². The van der Waals surface area contributed by atoms with Crippen LogP contribution in [0.1, 0.15) is 38.7 Å². The molecule has 3 aliphatic heterocycles. The third-order valence-corrected chi connectivity index (χ3v) is 7.25. The maximum absolute atomic E-state index is 13.9. The van der Waals surface area contributed by atoms with Crippen molar-refractivity contribution in [2.24, 2.45) is 0 Å². The van der Waals surface area contributed by atoms with Crippen LogP contribution in [0.4, 0.5) is 26.5 Å². The molecule has 10 nitrogen and oxygen atoms in total. The molecule has 3 fully saturated rings. The summed E-state index contributed by atoms with van der Waals surface area (Å²) in [5, 5.41) is 0. The molecule has 3 aliphatic rings. The fourth-order valence-corrected chi connectivity index (χ4v) is 5.36. The van der Waals surface area contributed by atoms with Gasteiger partial charge >= 0.3 is 0 Å². The van der Waals surface area contributed by atoms with Gasteiger partial charge in [0.1, 0.15) is 5.82 Å². The number of ether oxygens (including phenoxy) is 2. The molecule has 3 saturated heterocycles. The summed E-state index contributed by atoms with van der Waals surface area (Å²) in [6.45, 7) is 10.2. The number of anilines is 3. The molecule has 0 unspecified atom stereocenters. The van der Waals surface area contributed by atoms with Crippen molar-refractivity contribution in [2.75, 3.05) is 68.1 Å². The third-order valence-electron chi connectivity index (χ3n) is 7.25. The lowest BCUT2D eigenvalue weighted by Crippen LogP contribution is -2.51. The first kappa shape index (κ1) is 25.0. The zero-order chi connectivity index (χ0) is 25.2. The summed E-state index contributed by atoms with van der Waals surface area (Å²) in [6, 6.07) is 1.75. The highest BCUT2D eigenvalue weighted by atomic mass is 19.3. The van der Waals surface area contributed by atoms with Crippen molar-refractivity contribution >= 4 is 17.7 Å². The van der Waals surface area contributed by atoms with Gasteiger partial charge in [-0.1, -0.05) is 0 Å². The lowest BCUT2D eigenvalue weighted by atomic mass is 10.0. The SMILES string of the molecule is C[C@@H]1COC[C@H](C)N1c1nc(-c2cnc(N)cc2C(F)F)nc(N2CCC(N3CCOCC3)CC2)n1. The second kappa shape index (κ2) is 10.7. The molecule has 2 atom stereocenters. The minimum absolute atomic E-state index is 0.0306. The largest absolute Gasteiger partial charge is 0.384 e. The Hall–Kier alpha value is -2.70. The van der Waals surface area contributed by atoms with Crippen LogP contribution in [0.2, 0.25) is 0 Å². The van der Waals surface area contributed by atoms with Gasteiger partial charge in [-0.15, -0.1) is 0 Å². The summed E-state index contributed by atoms with van der Waals surface area (Å²) in [5.41, 5.74) is 5.64. The van der Waals surface area contributed by atoms with Crippen LogP contribution >= 0.6 is 0 Å². The van der Waals surface area contributed by atoms with Gasteiger partial charge in [0.25, 0.3) is 6.43 Å². The van der Waals surface area contributed by atoms with E-state index in [4.69, 9.17) is 20.2 Å². The van der Waals surface area contributed by atoms with Crippen molar-refractivity contribution in [1.29, 1.82) is 0 Å². The van der Waals surface area contributed by atoms with Gasteiger partial charge in [0, 0.05) is 49.5 Å². The van der Waals surface area contributed by atoms with Gasteiger partial charge in [-0.3, -0.25) is 4.90 Å². The number of halogens is 2. The summed E-state index contributed by atoms with van der Waals surface area (Å²) in [6.07, 6.45) is 0.550. The number of hydrogen-bond donors (Lipinski definition) is 1. The Morgan fingerprint density at radius 2 is 1.61 bits per heavy atom. The number of nitrogens with zero attached hydrogens (tertiary/aromatic N) is 7. The zero-order valence-corrected chi connectivity index (χ0v) is 20.8. The first-order valence-corrected chi connectivity index (χ1v) is 12.6. The molecule has 0 aliphatic carbocycles. The number of nitrogens with two attached hydrogens (primary N) is 1. The van der Waals surface area contributed by atoms with E-state index in [1.165, 1.54) is 12.3 Å². The Labute approximate surface area is 209 Å². The predicted octanol–water partition coefficient (Wildman–Crippen LogP) is 2.37. The molecule has 5 heterocycles. The van der Waals surface area contributed by atoms with E-state index in [0.717, 1.165) is 52.2 Å². The fraction of sp³-hybridized carbons (Fsp3) is 0.667. The highest BCUT2D eigenvalue weighted by Crippen LogP contribution is 2.33. The van der Waals surface area contributed by atoms with E-state index in [1.807, 2.05) is 13.8 Å². The van der Waals surface area contributed by atoms with E-state index < -0.39 is 6.43 Å². The Morgan fingerprint density at radius 3 is 2.28 bits per heavy atom. The van der Waals surface area contributed by atoms with Crippen LogP contribution in [-0.4, -0.2) is 95.6 Å². The highest BCUT2D eigenvalue weighted by Gasteiger charge is 2.32. The number of hydrogen-bond acceptors (Lipinski definition) is 10. The van der Waals surface area contributed by atoms with Crippen LogP contribution in [0.25, 0.3) is 11.4 Å². The highest BCUT2D eigenvalue weighted by molar-refractivity contribution is 5.64. The van der Waals surface area contributed by atoms with E-state index in [1.54, 1.807) is 0 Å². The number of nitrogen functional groups attached to an aromatic ring is 1. The molecule has 5 rings (SSSR count). The maximum atomic E-state index is 13.9. The number of aromatic nitrogens is 4. The summed E-state index contributed by atoms with van der Waals surface area (Å²) in [4.78, 5) is 25.0. The van der Waals surface area contributed by atoms with Gasteiger partial charge in [-0.2, -0.15) is 15.0 Å². The van der Waals surface area contributed by atoms with Crippen LogP contribution in [0.5, 0.6) is 0 Å². The number of piperidine rings is 1. The van der Waals surface area contributed by atoms with E-state index in [0.29, 0.717) is 31.2 Å². The third kappa shape index (κ3) is 5.21. The molecule has 36 heavy (non-hydrogen) atoms. The number of pyridine rings is 1. The van der Waals surface area contributed by atoms with Gasteiger partial charge in [0.2, 0.25) is 11.9 Å². The Bertz CT molecular complexity index is 1040. The van der Waals surface area contributed by atoms with Gasteiger partial charge in [-0.05, 0) is 32.8 Å². The number of rotatable bonds is 5. The molecule has 0 spiro atoms. The van der Waals surface area contributed by atoms with Gasteiger partial charge < -0.3 is 25.0 Å². The molecule has 196 valence electrons. The summed E-state index contributed by atoms with van der Waals surface area (Å²) >= 11 is 0. The van der Waals surface area contributed by atoms with Crippen molar-refractivity contribution < 1.29 is 18.3 Å². The number of alkyl halides is 2. The van der Waals surface area contributed by atoms with E-state index >= 15 is 0 Å². The molecule has 12 heteroatoms. The maximum Gasteiger partial charge on any atom is 0.264 e. The summed E-state index contributed by atoms with van der Waals surface area (Å²) in [5.74, 6) is 1.17. The summed E-state index contributed by atoms with van der Waals surface area (Å²) in [7, 11) is 0. The van der Waals surface area contributed by atoms with Crippen molar-refractivity contribution in [1.82, 2.24) is 24.8 Å². The molecule has 0 saturated carbocycles. The van der Waals surface area contributed by atoms with Crippen molar-refractivity contribution in [2.45, 2.75) is 51.2 Å². The van der Waals surface area contributed by atoms with Gasteiger partial charge in [0.15, 0.2) is 5.82 Å².